The molecule has 25 heavy (non-hydrogen) atoms. The molecule has 2 aromatic carbocycles. The van der Waals surface area contributed by atoms with Crippen molar-refractivity contribution in [1.29, 1.82) is 0 Å². The van der Waals surface area contributed by atoms with Gasteiger partial charge in [0, 0.05) is 16.8 Å². The quantitative estimate of drug-likeness (QED) is 0.638. The minimum Gasteiger partial charge on any atom is -0.265 e. The van der Waals surface area contributed by atoms with E-state index in [1.807, 2.05) is 0 Å². The van der Waals surface area contributed by atoms with Gasteiger partial charge in [-0.3, -0.25) is 9.40 Å². The highest BCUT2D eigenvalue weighted by molar-refractivity contribution is 9.10. The molecule has 3 rings (SSSR count). The summed E-state index contributed by atoms with van der Waals surface area (Å²) in [5, 5.41) is 4.60. The normalized spacial score (nSPS) is 11.5. The Labute approximate surface area is 157 Å². The van der Waals surface area contributed by atoms with Crippen molar-refractivity contribution >= 4 is 43.4 Å². The summed E-state index contributed by atoms with van der Waals surface area (Å²) < 4.78 is 42.8. The lowest BCUT2D eigenvalue weighted by Gasteiger charge is -2.06. The fraction of sp³-hybridized carbons (Fsp3) is 0.0625. The molecule has 0 fully saturated rings. The largest absolute Gasteiger partial charge is 0.265 e. The standard InChI is InChI=1S/C16H12BrClFN3O2S/c17-14-10-22(9-11-3-1-2-4-15(11)19)20-16(14)21-25(23,24)13-7-5-12(18)6-8-13/h1-8,10H,9H2,(H,20,21). The molecule has 0 bridgehead atoms. The van der Waals surface area contributed by atoms with Crippen LogP contribution in [0, 0.1) is 5.82 Å². The Morgan fingerprint density at radius 1 is 1.16 bits per heavy atom. The van der Waals surface area contributed by atoms with E-state index in [2.05, 4.69) is 25.8 Å². The van der Waals surface area contributed by atoms with Gasteiger partial charge in [-0.25, -0.2) is 12.8 Å². The Morgan fingerprint density at radius 3 is 2.52 bits per heavy atom. The molecule has 0 radical (unpaired) electrons. The highest BCUT2D eigenvalue weighted by Gasteiger charge is 2.18. The van der Waals surface area contributed by atoms with E-state index >= 15 is 0 Å². The van der Waals surface area contributed by atoms with Crippen LogP contribution in [0.4, 0.5) is 10.2 Å². The molecule has 9 heteroatoms. The Balaban J connectivity index is 1.83. The number of aromatic nitrogens is 2. The zero-order chi connectivity index (χ0) is 18.0. The van der Waals surface area contributed by atoms with E-state index in [-0.39, 0.29) is 23.1 Å². The Hall–Kier alpha value is -1.90. The van der Waals surface area contributed by atoms with Gasteiger partial charge in [0.05, 0.1) is 15.9 Å². The molecule has 0 aliphatic carbocycles. The molecule has 0 amide bonds. The first-order valence-corrected chi connectivity index (χ1v) is 9.75. The number of nitrogens with one attached hydrogen (secondary N) is 1. The Bertz CT molecular complexity index is 1010. The molecule has 0 unspecified atom stereocenters. The van der Waals surface area contributed by atoms with Crippen LogP contribution >= 0.6 is 27.5 Å². The summed E-state index contributed by atoms with van der Waals surface area (Å²) >= 11 is 9.03. The zero-order valence-corrected chi connectivity index (χ0v) is 15.8. The summed E-state index contributed by atoms with van der Waals surface area (Å²) in [7, 11) is -3.81. The van der Waals surface area contributed by atoms with Crippen LogP contribution in [0.15, 0.2) is 64.1 Å². The predicted molar refractivity (Wildman–Crippen MR) is 97.7 cm³/mol. The molecule has 0 spiro atoms. The monoisotopic (exact) mass is 443 g/mol. The molecular formula is C16H12BrClFN3O2S. The molecule has 0 aliphatic rings. The average molecular weight is 445 g/mol. The number of hydrogen-bond acceptors (Lipinski definition) is 3. The molecule has 5 nitrogen and oxygen atoms in total. The van der Waals surface area contributed by atoms with Crippen molar-refractivity contribution in [3.63, 3.8) is 0 Å². The lowest BCUT2D eigenvalue weighted by atomic mass is 10.2. The molecule has 1 heterocycles. The van der Waals surface area contributed by atoms with E-state index in [0.717, 1.165) is 0 Å². The van der Waals surface area contributed by atoms with Crippen molar-refractivity contribution in [1.82, 2.24) is 9.78 Å². The van der Waals surface area contributed by atoms with Crippen LogP contribution in [0.25, 0.3) is 0 Å². The number of nitrogens with zero attached hydrogens (tertiary/aromatic N) is 2. The number of halogens is 3. The Kier molecular flexibility index (Phi) is 5.12. The number of hydrogen-bond donors (Lipinski definition) is 1. The summed E-state index contributed by atoms with van der Waals surface area (Å²) in [6.07, 6.45) is 1.58. The minimum atomic E-state index is -3.81. The van der Waals surface area contributed by atoms with Gasteiger partial charge in [0.25, 0.3) is 10.0 Å². The third kappa shape index (κ3) is 4.20. The minimum absolute atomic E-state index is 0.0625. The molecule has 0 atom stereocenters. The van der Waals surface area contributed by atoms with Gasteiger partial charge in [-0.05, 0) is 46.3 Å². The van der Waals surface area contributed by atoms with E-state index in [1.165, 1.54) is 35.0 Å². The molecule has 3 aromatic rings. The van der Waals surface area contributed by atoms with Crippen LogP contribution in [-0.2, 0) is 16.6 Å². The van der Waals surface area contributed by atoms with Crippen molar-refractivity contribution in [2.45, 2.75) is 11.4 Å². The van der Waals surface area contributed by atoms with Crippen molar-refractivity contribution in [3.05, 3.63) is 75.6 Å². The lowest BCUT2D eigenvalue weighted by molar-refractivity contribution is 0.585. The van der Waals surface area contributed by atoms with Gasteiger partial charge in [0.1, 0.15) is 5.82 Å². The maximum atomic E-state index is 13.7. The van der Waals surface area contributed by atoms with Crippen LogP contribution in [0.5, 0.6) is 0 Å². The van der Waals surface area contributed by atoms with Gasteiger partial charge < -0.3 is 0 Å². The summed E-state index contributed by atoms with van der Waals surface area (Å²) in [4.78, 5) is 0.0625. The second-order valence-corrected chi connectivity index (χ2v) is 8.15. The van der Waals surface area contributed by atoms with Crippen LogP contribution < -0.4 is 4.72 Å². The molecule has 0 aliphatic heterocycles. The zero-order valence-electron chi connectivity index (χ0n) is 12.7. The van der Waals surface area contributed by atoms with Gasteiger partial charge in [-0.1, -0.05) is 29.8 Å². The SMILES string of the molecule is O=S(=O)(Nc1nn(Cc2ccccc2F)cc1Br)c1ccc(Cl)cc1. The first kappa shape index (κ1) is 17.9. The summed E-state index contributed by atoms with van der Waals surface area (Å²) in [5.41, 5.74) is 0.449. The molecule has 1 aromatic heterocycles. The lowest BCUT2D eigenvalue weighted by Crippen LogP contribution is -2.14. The molecule has 0 saturated heterocycles. The average Bonchev–Trinajstić information content (AvgIpc) is 2.89. The predicted octanol–water partition coefficient (Wildman–Crippen LogP) is 4.29. The first-order chi connectivity index (χ1) is 11.8. The topological polar surface area (TPSA) is 64.0 Å². The van der Waals surface area contributed by atoms with Gasteiger partial charge in [0.2, 0.25) is 0 Å². The van der Waals surface area contributed by atoms with E-state index in [9.17, 15) is 12.8 Å². The van der Waals surface area contributed by atoms with Gasteiger partial charge >= 0.3 is 0 Å². The van der Waals surface area contributed by atoms with Gasteiger partial charge in [-0.15, -0.1) is 0 Å². The highest BCUT2D eigenvalue weighted by Crippen LogP contribution is 2.24. The molecule has 130 valence electrons. The number of rotatable bonds is 5. The van der Waals surface area contributed by atoms with E-state index in [1.54, 1.807) is 24.4 Å². The maximum absolute atomic E-state index is 13.7. The van der Waals surface area contributed by atoms with Crippen LogP contribution in [0.3, 0.4) is 0 Å². The smallest absolute Gasteiger partial charge is 0.263 e. The second kappa shape index (κ2) is 7.15. The van der Waals surface area contributed by atoms with Gasteiger partial charge in [-0.2, -0.15) is 5.10 Å². The van der Waals surface area contributed by atoms with Crippen molar-refractivity contribution < 1.29 is 12.8 Å². The third-order valence-electron chi connectivity index (χ3n) is 3.36. The van der Waals surface area contributed by atoms with E-state index < -0.39 is 10.0 Å². The number of anilines is 1. The van der Waals surface area contributed by atoms with Gasteiger partial charge in [0.15, 0.2) is 5.82 Å². The van der Waals surface area contributed by atoms with Crippen molar-refractivity contribution in [3.8, 4) is 0 Å². The fourth-order valence-corrected chi connectivity index (χ4v) is 3.84. The summed E-state index contributed by atoms with van der Waals surface area (Å²) in [6.45, 7) is 0.175. The molecule has 0 saturated carbocycles. The van der Waals surface area contributed by atoms with Crippen LogP contribution in [0.2, 0.25) is 5.02 Å². The molecule has 1 N–H and O–H groups in total. The highest BCUT2D eigenvalue weighted by atomic mass is 79.9. The van der Waals surface area contributed by atoms with Crippen LogP contribution in [0.1, 0.15) is 5.56 Å². The second-order valence-electron chi connectivity index (χ2n) is 5.17. The van der Waals surface area contributed by atoms with E-state index in [0.29, 0.717) is 15.1 Å². The molecular weight excluding hydrogens is 433 g/mol. The van der Waals surface area contributed by atoms with Crippen molar-refractivity contribution in [2.75, 3.05) is 4.72 Å². The Morgan fingerprint density at radius 2 is 1.84 bits per heavy atom. The summed E-state index contributed by atoms with van der Waals surface area (Å²) in [5.74, 6) is -0.233. The van der Waals surface area contributed by atoms with Crippen LogP contribution in [-0.4, -0.2) is 18.2 Å². The summed E-state index contributed by atoms with van der Waals surface area (Å²) in [6, 6.07) is 12.1. The number of sulfonamides is 1. The number of benzene rings is 2. The fourth-order valence-electron chi connectivity index (χ4n) is 2.15. The van der Waals surface area contributed by atoms with Crippen molar-refractivity contribution in [2.24, 2.45) is 0 Å². The van der Waals surface area contributed by atoms with E-state index in [4.69, 9.17) is 11.6 Å². The maximum Gasteiger partial charge on any atom is 0.263 e. The third-order valence-corrected chi connectivity index (χ3v) is 5.55. The first-order valence-electron chi connectivity index (χ1n) is 7.10.